The molecular formula is C12H26N2O. The Hall–Kier alpha value is -0.120. The topological polar surface area (TPSA) is 38.5 Å². The lowest BCUT2D eigenvalue weighted by Gasteiger charge is -2.29. The van der Waals surface area contributed by atoms with E-state index in [4.69, 9.17) is 10.5 Å². The molecule has 1 heterocycles. The minimum atomic E-state index is 0.0794. The molecule has 1 aliphatic rings. The molecule has 0 aromatic carbocycles. The average molecular weight is 214 g/mol. The highest BCUT2D eigenvalue weighted by molar-refractivity contribution is 4.83. The summed E-state index contributed by atoms with van der Waals surface area (Å²) in [5, 5.41) is 0. The van der Waals surface area contributed by atoms with Gasteiger partial charge in [-0.1, -0.05) is 0 Å². The number of nitrogens with two attached hydrogens (primary N) is 1. The maximum absolute atomic E-state index is 5.99. The summed E-state index contributed by atoms with van der Waals surface area (Å²) >= 11 is 0. The fourth-order valence-electron chi connectivity index (χ4n) is 2.19. The average Bonchev–Trinajstić information content (AvgIpc) is 2.44. The molecule has 0 aromatic heterocycles. The smallest absolute Gasteiger partial charge is 0.0710 e. The Morgan fingerprint density at radius 3 is 2.53 bits per heavy atom. The van der Waals surface area contributed by atoms with Gasteiger partial charge in [0.2, 0.25) is 0 Å². The molecule has 0 aromatic rings. The van der Waals surface area contributed by atoms with Crippen LogP contribution in [0.25, 0.3) is 0 Å². The molecule has 0 amide bonds. The lowest BCUT2D eigenvalue weighted by Crippen LogP contribution is -2.41. The Bertz CT molecular complexity index is 192. The monoisotopic (exact) mass is 214 g/mol. The first kappa shape index (κ1) is 12.9. The Labute approximate surface area is 94.0 Å². The van der Waals surface area contributed by atoms with E-state index in [0.717, 1.165) is 19.6 Å². The van der Waals surface area contributed by atoms with E-state index in [2.05, 4.69) is 32.6 Å². The van der Waals surface area contributed by atoms with Gasteiger partial charge in [0.25, 0.3) is 0 Å². The zero-order chi connectivity index (χ0) is 11.5. The molecule has 1 rings (SSSR count). The predicted octanol–water partition coefficient (Wildman–Crippen LogP) is 1.61. The third-order valence-electron chi connectivity index (χ3n) is 3.14. The van der Waals surface area contributed by atoms with E-state index in [0.29, 0.717) is 12.1 Å². The van der Waals surface area contributed by atoms with Crippen molar-refractivity contribution in [2.75, 3.05) is 19.6 Å². The summed E-state index contributed by atoms with van der Waals surface area (Å²) in [7, 11) is 0. The van der Waals surface area contributed by atoms with Gasteiger partial charge in [0.1, 0.15) is 0 Å². The van der Waals surface area contributed by atoms with E-state index in [-0.39, 0.29) is 5.60 Å². The van der Waals surface area contributed by atoms with Gasteiger partial charge >= 0.3 is 0 Å². The second-order valence-corrected chi connectivity index (χ2v) is 5.42. The molecule has 1 saturated heterocycles. The zero-order valence-corrected chi connectivity index (χ0v) is 10.6. The Morgan fingerprint density at radius 1 is 1.47 bits per heavy atom. The fourth-order valence-corrected chi connectivity index (χ4v) is 2.19. The van der Waals surface area contributed by atoms with Crippen LogP contribution >= 0.6 is 0 Å². The van der Waals surface area contributed by atoms with Gasteiger partial charge in [0, 0.05) is 25.7 Å². The molecule has 1 atom stereocenters. The van der Waals surface area contributed by atoms with E-state index >= 15 is 0 Å². The van der Waals surface area contributed by atoms with E-state index in [1.165, 1.54) is 12.8 Å². The SMILES string of the molecule is CC(C)N(CCN)CC1CCC(C)(C)O1. The highest BCUT2D eigenvalue weighted by atomic mass is 16.5. The van der Waals surface area contributed by atoms with Crippen molar-refractivity contribution in [1.29, 1.82) is 0 Å². The molecular weight excluding hydrogens is 188 g/mol. The summed E-state index contributed by atoms with van der Waals surface area (Å²) in [5.74, 6) is 0. The summed E-state index contributed by atoms with van der Waals surface area (Å²) in [6, 6.07) is 0.556. The maximum Gasteiger partial charge on any atom is 0.0710 e. The highest BCUT2D eigenvalue weighted by Gasteiger charge is 2.32. The minimum Gasteiger partial charge on any atom is -0.371 e. The largest absolute Gasteiger partial charge is 0.371 e. The van der Waals surface area contributed by atoms with Crippen LogP contribution in [0.3, 0.4) is 0 Å². The summed E-state index contributed by atoms with van der Waals surface area (Å²) < 4.78 is 5.99. The van der Waals surface area contributed by atoms with Gasteiger partial charge in [-0.15, -0.1) is 0 Å². The van der Waals surface area contributed by atoms with Crippen molar-refractivity contribution in [1.82, 2.24) is 4.90 Å². The van der Waals surface area contributed by atoms with E-state index in [1.54, 1.807) is 0 Å². The first-order valence-corrected chi connectivity index (χ1v) is 6.06. The van der Waals surface area contributed by atoms with Crippen LogP contribution in [0.15, 0.2) is 0 Å². The second kappa shape index (κ2) is 5.28. The fraction of sp³-hybridized carbons (Fsp3) is 1.00. The number of ether oxygens (including phenoxy) is 1. The van der Waals surface area contributed by atoms with Gasteiger partial charge in [-0.2, -0.15) is 0 Å². The molecule has 2 N–H and O–H groups in total. The number of nitrogens with zero attached hydrogens (tertiary/aromatic N) is 1. The Morgan fingerprint density at radius 2 is 2.13 bits per heavy atom. The summed E-state index contributed by atoms with van der Waals surface area (Å²) in [6.07, 6.45) is 2.75. The quantitative estimate of drug-likeness (QED) is 0.755. The van der Waals surface area contributed by atoms with Crippen LogP contribution in [0.4, 0.5) is 0 Å². The summed E-state index contributed by atoms with van der Waals surface area (Å²) in [6.45, 7) is 11.5. The molecule has 3 nitrogen and oxygen atoms in total. The lowest BCUT2D eigenvalue weighted by atomic mass is 10.1. The van der Waals surface area contributed by atoms with Gasteiger partial charge in [-0.3, -0.25) is 4.90 Å². The first-order valence-electron chi connectivity index (χ1n) is 6.06. The third-order valence-corrected chi connectivity index (χ3v) is 3.14. The normalized spacial score (nSPS) is 25.4. The standard InChI is InChI=1S/C12H26N2O/c1-10(2)14(8-7-13)9-11-5-6-12(3,4)15-11/h10-11H,5-9,13H2,1-4H3. The number of hydrogen-bond donors (Lipinski definition) is 1. The summed E-state index contributed by atoms with van der Waals surface area (Å²) in [5.41, 5.74) is 5.69. The Kier molecular flexibility index (Phi) is 4.56. The van der Waals surface area contributed by atoms with Crippen LogP contribution in [0.2, 0.25) is 0 Å². The molecule has 15 heavy (non-hydrogen) atoms. The predicted molar refractivity (Wildman–Crippen MR) is 63.9 cm³/mol. The van der Waals surface area contributed by atoms with Crippen LogP contribution in [0.1, 0.15) is 40.5 Å². The van der Waals surface area contributed by atoms with Crippen LogP contribution in [0, 0.1) is 0 Å². The first-order chi connectivity index (χ1) is 6.94. The molecule has 0 saturated carbocycles. The Balaban J connectivity index is 2.39. The number of hydrogen-bond acceptors (Lipinski definition) is 3. The van der Waals surface area contributed by atoms with Crippen molar-refractivity contribution >= 4 is 0 Å². The van der Waals surface area contributed by atoms with Crippen molar-refractivity contribution < 1.29 is 4.74 Å². The van der Waals surface area contributed by atoms with Crippen molar-refractivity contribution in [3.8, 4) is 0 Å². The van der Waals surface area contributed by atoms with E-state index in [9.17, 15) is 0 Å². The maximum atomic E-state index is 5.99. The van der Waals surface area contributed by atoms with Crippen molar-refractivity contribution in [3.05, 3.63) is 0 Å². The van der Waals surface area contributed by atoms with Gasteiger partial charge < -0.3 is 10.5 Å². The second-order valence-electron chi connectivity index (χ2n) is 5.42. The molecule has 0 aliphatic carbocycles. The zero-order valence-electron chi connectivity index (χ0n) is 10.6. The van der Waals surface area contributed by atoms with E-state index < -0.39 is 0 Å². The van der Waals surface area contributed by atoms with Gasteiger partial charge in [0.15, 0.2) is 0 Å². The van der Waals surface area contributed by atoms with Crippen molar-refractivity contribution in [3.63, 3.8) is 0 Å². The molecule has 1 fully saturated rings. The molecule has 1 unspecified atom stereocenters. The molecule has 1 aliphatic heterocycles. The molecule has 90 valence electrons. The summed E-state index contributed by atoms with van der Waals surface area (Å²) in [4.78, 5) is 2.41. The van der Waals surface area contributed by atoms with Crippen LogP contribution in [0.5, 0.6) is 0 Å². The molecule has 0 spiro atoms. The van der Waals surface area contributed by atoms with Crippen LogP contribution < -0.4 is 5.73 Å². The number of rotatable bonds is 5. The van der Waals surface area contributed by atoms with Gasteiger partial charge in [-0.25, -0.2) is 0 Å². The highest BCUT2D eigenvalue weighted by Crippen LogP contribution is 2.29. The van der Waals surface area contributed by atoms with Crippen LogP contribution in [-0.4, -0.2) is 42.3 Å². The molecule has 3 heteroatoms. The minimum absolute atomic E-state index is 0.0794. The van der Waals surface area contributed by atoms with Gasteiger partial charge in [-0.05, 0) is 40.5 Å². The van der Waals surface area contributed by atoms with Gasteiger partial charge in [0.05, 0.1) is 11.7 Å². The molecule has 0 bridgehead atoms. The van der Waals surface area contributed by atoms with Crippen molar-refractivity contribution in [2.24, 2.45) is 5.73 Å². The lowest BCUT2D eigenvalue weighted by molar-refractivity contribution is -0.0317. The van der Waals surface area contributed by atoms with Crippen LogP contribution in [-0.2, 0) is 4.74 Å². The van der Waals surface area contributed by atoms with E-state index in [1.807, 2.05) is 0 Å². The molecule has 0 radical (unpaired) electrons. The van der Waals surface area contributed by atoms with Crippen molar-refractivity contribution in [2.45, 2.75) is 58.3 Å². The third kappa shape index (κ3) is 4.09.